The fraction of sp³-hybridized carbons (Fsp3) is 0.471. The van der Waals surface area contributed by atoms with Crippen LogP contribution in [0, 0.1) is 5.92 Å². The van der Waals surface area contributed by atoms with Crippen molar-refractivity contribution in [2.75, 3.05) is 7.05 Å². The van der Waals surface area contributed by atoms with Gasteiger partial charge >= 0.3 is 0 Å². The van der Waals surface area contributed by atoms with Crippen LogP contribution in [0.1, 0.15) is 43.7 Å². The number of fused-ring (bicyclic) bond motifs is 1. The first-order valence-corrected chi connectivity index (χ1v) is 7.39. The predicted molar refractivity (Wildman–Crippen MR) is 80.1 cm³/mol. The van der Waals surface area contributed by atoms with Crippen molar-refractivity contribution in [3.63, 3.8) is 0 Å². The number of hydrogen-bond acceptors (Lipinski definition) is 2. The quantitative estimate of drug-likeness (QED) is 0.889. The summed E-state index contributed by atoms with van der Waals surface area (Å²) >= 11 is 0. The lowest BCUT2D eigenvalue weighted by Gasteiger charge is -2.20. The van der Waals surface area contributed by atoms with Crippen LogP contribution in [0.3, 0.4) is 0 Å². The third-order valence-corrected chi connectivity index (χ3v) is 4.41. The van der Waals surface area contributed by atoms with Crippen LogP contribution < -0.4 is 5.32 Å². The molecule has 1 aromatic heterocycles. The minimum absolute atomic E-state index is 0.445. The van der Waals surface area contributed by atoms with E-state index in [1.165, 1.54) is 43.1 Å². The van der Waals surface area contributed by atoms with Crippen LogP contribution in [-0.2, 0) is 0 Å². The van der Waals surface area contributed by atoms with Crippen molar-refractivity contribution < 1.29 is 0 Å². The molecule has 0 amide bonds. The summed E-state index contributed by atoms with van der Waals surface area (Å²) < 4.78 is 0. The molecule has 1 aromatic carbocycles. The molecule has 0 spiro atoms. The molecule has 0 saturated heterocycles. The van der Waals surface area contributed by atoms with Crippen LogP contribution in [0.5, 0.6) is 0 Å². The Labute approximate surface area is 115 Å². The van der Waals surface area contributed by atoms with E-state index in [0.717, 1.165) is 11.4 Å². The highest BCUT2D eigenvalue weighted by Gasteiger charge is 2.20. The highest BCUT2D eigenvalue weighted by molar-refractivity contribution is 5.78. The van der Waals surface area contributed by atoms with Gasteiger partial charge in [-0.1, -0.05) is 43.9 Å². The Morgan fingerprint density at radius 3 is 2.84 bits per heavy atom. The molecule has 1 aliphatic carbocycles. The Morgan fingerprint density at radius 2 is 2.05 bits per heavy atom. The second kappa shape index (κ2) is 5.70. The molecule has 100 valence electrons. The van der Waals surface area contributed by atoms with E-state index >= 15 is 0 Å². The Morgan fingerprint density at radius 1 is 1.26 bits per heavy atom. The van der Waals surface area contributed by atoms with Crippen molar-refractivity contribution in [3.8, 4) is 0 Å². The van der Waals surface area contributed by atoms with Crippen LogP contribution in [0.2, 0.25) is 0 Å². The molecule has 1 aliphatic rings. The smallest absolute Gasteiger partial charge is 0.0702 e. The number of nitrogens with one attached hydrogen (secondary N) is 1. The molecule has 0 radical (unpaired) electrons. The van der Waals surface area contributed by atoms with E-state index in [9.17, 15) is 0 Å². The van der Waals surface area contributed by atoms with Crippen LogP contribution in [-0.4, -0.2) is 12.0 Å². The molecule has 1 N–H and O–H groups in total. The Hall–Kier alpha value is -1.41. The van der Waals surface area contributed by atoms with E-state index in [-0.39, 0.29) is 0 Å². The van der Waals surface area contributed by atoms with Crippen molar-refractivity contribution in [2.45, 2.75) is 38.1 Å². The second-order valence-electron chi connectivity index (χ2n) is 5.69. The minimum atomic E-state index is 0.445. The average molecular weight is 254 g/mol. The summed E-state index contributed by atoms with van der Waals surface area (Å²) in [7, 11) is 2.06. The van der Waals surface area contributed by atoms with E-state index in [2.05, 4.69) is 41.6 Å². The molecular formula is C17H22N2. The summed E-state index contributed by atoms with van der Waals surface area (Å²) in [5.41, 5.74) is 2.41. The topological polar surface area (TPSA) is 24.9 Å². The molecule has 0 bridgehead atoms. The van der Waals surface area contributed by atoms with Gasteiger partial charge in [-0.25, -0.2) is 0 Å². The summed E-state index contributed by atoms with van der Waals surface area (Å²) in [4.78, 5) is 4.58. The molecule has 1 saturated carbocycles. The van der Waals surface area contributed by atoms with Crippen molar-refractivity contribution in [2.24, 2.45) is 5.92 Å². The number of nitrogens with zero attached hydrogens (tertiary/aromatic N) is 1. The molecule has 1 heterocycles. The van der Waals surface area contributed by atoms with Gasteiger partial charge in [0.05, 0.1) is 5.52 Å². The van der Waals surface area contributed by atoms with Crippen LogP contribution >= 0.6 is 0 Å². The maximum atomic E-state index is 4.58. The van der Waals surface area contributed by atoms with Gasteiger partial charge in [0.25, 0.3) is 0 Å². The molecular weight excluding hydrogens is 232 g/mol. The fourth-order valence-corrected chi connectivity index (χ4v) is 3.28. The van der Waals surface area contributed by atoms with E-state index < -0.39 is 0 Å². The zero-order valence-electron chi connectivity index (χ0n) is 11.6. The number of rotatable bonds is 4. The van der Waals surface area contributed by atoms with Gasteiger partial charge in [-0.2, -0.15) is 0 Å². The fourth-order valence-electron chi connectivity index (χ4n) is 3.28. The van der Waals surface area contributed by atoms with Crippen molar-refractivity contribution in [3.05, 3.63) is 42.1 Å². The monoisotopic (exact) mass is 254 g/mol. The Bertz CT molecular complexity index is 544. The van der Waals surface area contributed by atoms with Gasteiger partial charge in [-0.3, -0.25) is 4.98 Å². The third-order valence-electron chi connectivity index (χ3n) is 4.41. The third kappa shape index (κ3) is 2.79. The summed E-state index contributed by atoms with van der Waals surface area (Å²) in [5, 5.41) is 4.71. The summed E-state index contributed by atoms with van der Waals surface area (Å²) in [6.07, 6.45) is 8.92. The van der Waals surface area contributed by atoms with Gasteiger partial charge in [0.2, 0.25) is 0 Å². The second-order valence-corrected chi connectivity index (χ2v) is 5.69. The SMILES string of the molecule is CNC(CC1CCCC1)c1cnc2ccccc2c1. The molecule has 3 rings (SSSR count). The van der Waals surface area contributed by atoms with E-state index in [4.69, 9.17) is 0 Å². The van der Waals surface area contributed by atoms with Gasteiger partial charge < -0.3 is 5.32 Å². The van der Waals surface area contributed by atoms with Gasteiger partial charge in [0, 0.05) is 17.6 Å². The van der Waals surface area contributed by atoms with Gasteiger partial charge in [0.15, 0.2) is 0 Å². The molecule has 1 unspecified atom stereocenters. The summed E-state index contributed by atoms with van der Waals surface area (Å²) in [6.45, 7) is 0. The normalized spacial score (nSPS) is 17.9. The summed E-state index contributed by atoms with van der Waals surface area (Å²) in [5.74, 6) is 0.893. The highest BCUT2D eigenvalue weighted by Crippen LogP contribution is 2.33. The highest BCUT2D eigenvalue weighted by atomic mass is 14.9. The molecule has 19 heavy (non-hydrogen) atoms. The maximum Gasteiger partial charge on any atom is 0.0702 e. The number of pyridine rings is 1. The largest absolute Gasteiger partial charge is 0.313 e. The lowest BCUT2D eigenvalue weighted by Crippen LogP contribution is -2.19. The van der Waals surface area contributed by atoms with E-state index in [0.29, 0.717) is 6.04 Å². The molecule has 2 heteroatoms. The number of hydrogen-bond donors (Lipinski definition) is 1. The lowest BCUT2D eigenvalue weighted by molar-refractivity contribution is 0.413. The minimum Gasteiger partial charge on any atom is -0.313 e. The lowest BCUT2D eigenvalue weighted by atomic mass is 9.94. The van der Waals surface area contributed by atoms with Crippen LogP contribution in [0.25, 0.3) is 10.9 Å². The standard InChI is InChI=1S/C17H22N2/c1-18-17(10-13-6-2-3-7-13)15-11-14-8-4-5-9-16(14)19-12-15/h4-5,8-9,11-13,17-18H,2-3,6-7,10H2,1H3. The summed E-state index contributed by atoms with van der Waals surface area (Å²) in [6, 6.07) is 11.1. The van der Waals surface area contributed by atoms with E-state index in [1.54, 1.807) is 0 Å². The van der Waals surface area contributed by atoms with Crippen LogP contribution in [0.4, 0.5) is 0 Å². The van der Waals surface area contributed by atoms with Gasteiger partial charge in [-0.15, -0.1) is 0 Å². The van der Waals surface area contributed by atoms with E-state index in [1.807, 2.05) is 12.3 Å². The first kappa shape index (κ1) is 12.6. The molecule has 1 fully saturated rings. The number of benzene rings is 1. The zero-order chi connectivity index (χ0) is 13.1. The zero-order valence-corrected chi connectivity index (χ0v) is 11.6. The van der Waals surface area contributed by atoms with Gasteiger partial charge in [0.1, 0.15) is 0 Å². The molecule has 2 nitrogen and oxygen atoms in total. The molecule has 0 aliphatic heterocycles. The molecule has 1 atom stereocenters. The first-order valence-electron chi connectivity index (χ1n) is 7.39. The average Bonchev–Trinajstić information content (AvgIpc) is 2.97. The van der Waals surface area contributed by atoms with Crippen LogP contribution in [0.15, 0.2) is 36.5 Å². The van der Waals surface area contributed by atoms with Crippen molar-refractivity contribution >= 4 is 10.9 Å². The van der Waals surface area contributed by atoms with Gasteiger partial charge in [-0.05, 0) is 37.1 Å². The molecule has 2 aromatic rings. The number of aromatic nitrogens is 1. The Balaban J connectivity index is 1.83. The first-order chi connectivity index (χ1) is 9.36. The maximum absolute atomic E-state index is 4.58. The van der Waals surface area contributed by atoms with Crippen molar-refractivity contribution in [1.29, 1.82) is 0 Å². The Kier molecular flexibility index (Phi) is 3.79. The van der Waals surface area contributed by atoms with Crippen molar-refractivity contribution in [1.82, 2.24) is 10.3 Å². The predicted octanol–water partition coefficient (Wildman–Crippen LogP) is 4.08. The number of para-hydroxylation sites is 1.